The van der Waals surface area contributed by atoms with E-state index in [4.69, 9.17) is 17.3 Å². The van der Waals surface area contributed by atoms with E-state index < -0.39 is 6.03 Å². The van der Waals surface area contributed by atoms with Gasteiger partial charge in [0.05, 0.1) is 5.69 Å². The standard InChI is InChI=1S/C7H7ClN2O2/c8-4-1-2-5(6(11)3-4)10-7(9)12/h1-3,11H,(H3,9,10,12). The summed E-state index contributed by atoms with van der Waals surface area (Å²) < 4.78 is 0. The second-order valence-electron chi connectivity index (χ2n) is 2.15. The number of halogens is 1. The topological polar surface area (TPSA) is 75.4 Å². The number of carbonyl (C=O) groups is 1. The molecule has 0 aliphatic carbocycles. The fraction of sp³-hybridized carbons (Fsp3) is 0. The van der Waals surface area contributed by atoms with Crippen LogP contribution in [-0.4, -0.2) is 11.1 Å². The van der Waals surface area contributed by atoms with Crippen molar-refractivity contribution >= 4 is 23.3 Å². The van der Waals surface area contributed by atoms with Crippen molar-refractivity contribution in [1.29, 1.82) is 0 Å². The number of nitrogens with two attached hydrogens (primary N) is 1. The molecule has 0 aromatic heterocycles. The molecule has 4 N–H and O–H groups in total. The molecule has 0 spiro atoms. The average Bonchev–Trinajstić information content (AvgIpc) is 1.94. The van der Waals surface area contributed by atoms with Crippen LogP contribution in [0.5, 0.6) is 5.75 Å². The molecule has 1 rings (SSSR count). The summed E-state index contributed by atoms with van der Waals surface area (Å²) in [6.45, 7) is 0. The molecule has 5 heteroatoms. The number of phenols is 1. The first-order chi connectivity index (χ1) is 5.59. The van der Waals surface area contributed by atoms with Gasteiger partial charge in [0.15, 0.2) is 0 Å². The number of hydrogen-bond donors (Lipinski definition) is 3. The molecule has 4 nitrogen and oxygen atoms in total. The number of urea groups is 1. The highest BCUT2D eigenvalue weighted by Crippen LogP contribution is 2.26. The van der Waals surface area contributed by atoms with E-state index in [0.717, 1.165) is 0 Å². The fourth-order valence-electron chi connectivity index (χ4n) is 0.743. The van der Waals surface area contributed by atoms with E-state index >= 15 is 0 Å². The number of benzene rings is 1. The van der Waals surface area contributed by atoms with Crippen LogP contribution in [0.25, 0.3) is 0 Å². The smallest absolute Gasteiger partial charge is 0.316 e. The van der Waals surface area contributed by atoms with E-state index in [0.29, 0.717) is 5.02 Å². The summed E-state index contributed by atoms with van der Waals surface area (Å²) in [5, 5.41) is 11.8. The number of rotatable bonds is 1. The molecule has 2 amide bonds. The van der Waals surface area contributed by atoms with Gasteiger partial charge in [0.1, 0.15) is 5.75 Å². The summed E-state index contributed by atoms with van der Waals surface area (Å²) >= 11 is 5.55. The van der Waals surface area contributed by atoms with Gasteiger partial charge in [-0.3, -0.25) is 0 Å². The van der Waals surface area contributed by atoms with Crippen molar-refractivity contribution in [2.75, 3.05) is 5.32 Å². The minimum absolute atomic E-state index is 0.110. The van der Waals surface area contributed by atoms with Crippen molar-refractivity contribution in [2.24, 2.45) is 5.73 Å². The van der Waals surface area contributed by atoms with Gasteiger partial charge in [0, 0.05) is 11.1 Å². The second-order valence-corrected chi connectivity index (χ2v) is 2.59. The summed E-state index contributed by atoms with van der Waals surface area (Å²) in [6.07, 6.45) is 0. The molecule has 0 bridgehead atoms. The van der Waals surface area contributed by atoms with E-state index in [9.17, 15) is 9.90 Å². The summed E-state index contributed by atoms with van der Waals surface area (Å²) in [5.41, 5.74) is 5.08. The number of anilines is 1. The Hall–Kier alpha value is -1.42. The lowest BCUT2D eigenvalue weighted by Crippen LogP contribution is -2.19. The van der Waals surface area contributed by atoms with E-state index in [1.807, 2.05) is 0 Å². The molecule has 0 saturated heterocycles. The van der Waals surface area contributed by atoms with Crippen molar-refractivity contribution in [1.82, 2.24) is 0 Å². The molecule has 0 radical (unpaired) electrons. The maximum atomic E-state index is 10.4. The Morgan fingerprint density at radius 3 is 2.75 bits per heavy atom. The predicted octanol–water partition coefficient (Wildman–Crippen LogP) is 1.54. The largest absolute Gasteiger partial charge is 0.506 e. The summed E-state index contributed by atoms with van der Waals surface area (Å²) in [5.74, 6) is -0.110. The van der Waals surface area contributed by atoms with Gasteiger partial charge in [-0.2, -0.15) is 0 Å². The SMILES string of the molecule is NC(=O)Nc1ccc(Cl)cc1O. The van der Waals surface area contributed by atoms with Crippen LogP contribution in [0.2, 0.25) is 5.02 Å². The van der Waals surface area contributed by atoms with Gasteiger partial charge in [0.2, 0.25) is 0 Å². The van der Waals surface area contributed by atoms with E-state index in [1.54, 1.807) is 0 Å². The number of nitrogens with one attached hydrogen (secondary N) is 1. The van der Waals surface area contributed by atoms with Crippen molar-refractivity contribution in [3.8, 4) is 5.75 Å². The van der Waals surface area contributed by atoms with Crippen LogP contribution in [0.4, 0.5) is 10.5 Å². The Morgan fingerprint density at radius 1 is 1.58 bits per heavy atom. The first-order valence-electron chi connectivity index (χ1n) is 3.14. The van der Waals surface area contributed by atoms with Gasteiger partial charge >= 0.3 is 6.03 Å². The van der Waals surface area contributed by atoms with Crippen molar-refractivity contribution in [3.05, 3.63) is 23.2 Å². The van der Waals surface area contributed by atoms with Gasteiger partial charge in [-0.05, 0) is 12.1 Å². The van der Waals surface area contributed by atoms with Crippen LogP contribution in [-0.2, 0) is 0 Å². The van der Waals surface area contributed by atoms with Gasteiger partial charge in [-0.1, -0.05) is 11.6 Å². The molecule has 0 aliphatic rings. The molecule has 64 valence electrons. The molecule has 0 fully saturated rings. The zero-order valence-corrected chi connectivity index (χ0v) is 6.80. The van der Waals surface area contributed by atoms with Gasteiger partial charge in [0.25, 0.3) is 0 Å². The van der Waals surface area contributed by atoms with Crippen LogP contribution < -0.4 is 11.1 Å². The lowest BCUT2D eigenvalue weighted by molar-refractivity contribution is 0.259. The van der Waals surface area contributed by atoms with Gasteiger partial charge in [-0.25, -0.2) is 4.79 Å². The molecule has 0 heterocycles. The van der Waals surface area contributed by atoms with Crippen LogP contribution in [0, 0.1) is 0 Å². The molecule has 12 heavy (non-hydrogen) atoms. The summed E-state index contributed by atoms with van der Waals surface area (Å²) in [4.78, 5) is 10.4. The Labute approximate surface area is 73.9 Å². The van der Waals surface area contributed by atoms with Crippen molar-refractivity contribution in [2.45, 2.75) is 0 Å². The zero-order valence-electron chi connectivity index (χ0n) is 6.04. The molecular formula is C7H7ClN2O2. The minimum atomic E-state index is -0.729. The zero-order chi connectivity index (χ0) is 9.14. The molecule has 1 aromatic carbocycles. The third kappa shape index (κ3) is 2.03. The predicted molar refractivity (Wildman–Crippen MR) is 46.3 cm³/mol. The minimum Gasteiger partial charge on any atom is -0.506 e. The number of carbonyl (C=O) groups excluding carboxylic acids is 1. The Morgan fingerprint density at radius 2 is 2.25 bits per heavy atom. The number of aromatic hydroxyl groups is 1. The lowest BCUT2D eigenvalue weighted by atomic mass is 10.3. The number of phenolic OH excluding ortho intramolecular Hbond substituents is 1. The monoisotopic (exact) mass is 186 g/mol. The van der Waals surface area contributed by atoms with Crippen LogP contribution in [0.15, 0.2) is 18.2 Å². The molecular weight excluding hydrogens is 180 g/mol. The molecule has 0 unspecified atom stereocenters. The third-order valence-electron chi connectivity index (χ3n) is 1.22. The molecule has 0 saturated carbocycles. The summed E-state index contributed by atoms with van der Waals surface area (Å²) in [7, 11) is 0. The quantitative estimate of drug-likeness (QED) is 0.582. The summed E-state index contributed by atoms with van der Waals surface area (Å²) in [6, 6.07) is 3.58. The molecule has 0 atom stereocenters. The highest BCUT2D eigenvalue weighted by atomic mass is 35.5. The first kappa shape index (κ1) is 8.67. The lowest BCUT2D eigenvalue weighted by Gasteiger charge is -2.03. The Kier molecular flexibility index (Phi) is 2.40. The molecule has 1 aromatic rings. The number of primary amides is 1. The van der Waals surface area contributed by atoms with Gasteiger partial charge < -0.3 is 16.2 Å². The first-order valence-corrected chi connectivity index (χ1v) is 3.52. The van der Waals surface area contributed by atoms with E-state index in [1.165, 1.54) is 18.2 Å². The maximum Gasteiger partial charge on any atom is 0.316 e. The molecule has 0 aliphatic heterocycles. The number of amides is 2. The second kappa shape index (κ2) is 3.32. The fourth-order valence-corrected chi connectivity index (χ4v) is 0.910. The Bertz CT molecular complexity index is 314. The van der Waals surface area contributed by atoms with E-state index in [2.05, 4.69) is 5.32 Å². The normalized spacial score (nSPS) is 9.42. The number of hydrogen-bond acceptors (Lipinski definition) is 2. The average molecular weight is 187 g/mol. The highest BCUT2D eigenvalue weighted by Gasteiger charge is 2.02. The van der Waals surface area contributed by atoms with Gasteiger partial charge in [-0.15, -0.1) is 0 Å². The van der Waals surface area contributed by atoms with Crippen LogP contribution in [0.1, 0.15) is 0 Å². The van der Waals surface area contributed by atoms with E-state index in [-0.39, 0.29) is 11.4 Å². The van der Waals surface area contributed by atoms with Crippen molar-refractivity contribution < 1.29 is 9.90 Å². The van der Waals surface area contributed by atoms with Crippen LogP contribution >= 0.6 is 11.6 Å². The Balaban J connectivity index is 2.93. The third-order valence-corrected chi connectivity index (χ3v) is 1.45. The van der Waals surface area contributed by atoms with Crippen molar-refractivity contribution in [3.63, 3.8) is 0 Å². The van der Waals surface area contributed by atoms with Crippen LogP contribution in [0.3, 0.4) is 0 Å². The highest BCUT2D eigenvalue weighted by molar-refractivity contribution is 6.30. The maximum absolute atomic E-state index is 10.4.